The smallest absolute Gasteiger partial charge is 0.338 e. The summed E-state index contributed by atoms with van der Waals surface area (Å²) in [6.07, 6.45) is -2.70. The van der Waals surface area contributed by atoms with Gasteiger partial charge in [0.15, 0.2) is 0 Å². The second-order valence-corrected chi connectivity index (χ2v) is 8.21. The first-order valence-electron chi connectivity index (χ1n) is 10.3. The molecule has 2 aromatic rings. The van der Waals surface area contributed by atoms with Crippen LogP contribution in [0, 0.1) is 11.8 Å². The van der Waals surface area contributed by atoms with E-state index in [1.165, 1.54) is 17.0 Å². The third kappa shape index (κ3) is 5.27. The van der Waals surface area contributed by atoms with Crippen LogP contribution < -0.4 is 10.6 Å². The largest absolute Gasteiger partial charge is 0.416 e. The van der Waals surface area contributed by atoms with E-state index in [4.69, 9.17) is 0 Å². The van der Waals surface area contributed by atoms with Crippen molar-refractivity contribution in [3.63, 3.8) is 0 Å². The molecule has 3 amide bonds. The Morgan fingerprint density at radius 3 is 2.19 bits per heavy atom. The van der Waals surface area contributed by atoms with Crippen LogP contribution in [-0.4, -0.2) is 29.2 Å². The summed E-state index contributed by atoms with van der Waals surface area (Å²) in [5, 5.41) is 5.57. The van der Waals surface area contributed by atoms with Gasteiger partial charge in [0.05, 0.1) is 11.5 Å². The lowest BCUT2D eigenvalue weighted by atomic mass is 10.1. The molecular formula is C23H22F3N3O3. The van der Waals surface area contributed by atoms with Gasteiger partial charge >= 0.3 is 6.18 Å². The number of carbonyl (C=O) groups excluding carboxylic acids is 3. The topological polar surface area (TPSA) is 78.5 Å². The molecule has 1 atom stereocenters. The van der Waals surface area contributed by atoms with Gasteiger partial charge < -0.3 is 15.5 Å². The van der Waals surface area contributed by atoms with E-state index < -0.39 is 17.7 Å². The molecular weight excluding hydrogens is 423 g/mol. The van der Waals surface area contributed by atoms with Crippen LogP contribution in [0.3, 0.4) is 0 Å². The molecule has 1 unspecified atom stereocenters. The Morgan fingerprint density at radius 2 is 1.56 bits per heavy atom. The van der Waals surface area contributed by atoms with Crippen molar-refractivity contribution in [3.8, 4) is 0 Å². The summed E-state index contributed by atoms with van der Waals surface area (Å²) in [6, 6.07) is 11.6. The number of anilines is 2. The van der Waals surface area contributed by atoms with Gasteiger partial charge in [-0.25, -0.2) is 0 Å². The maximum Gasteiger partial charge on any atom is 0.416 e. The van der Waals surface area contributed by atoms with Gasteiger partial charge in [0.1, 0.15) is 0 Å². The fourth-order valence-electron chi connectivity index (χ4n) is 3.68. The number of benzene rings is 2. The Bertz CT molecular complexity index is 1050. The molecule has 1 aliphatic heterocycles. The molecule has 0 radical (unpaired) electrons. The van der Waals surface area contributed by atoms with Gasteiger partial charge in [0, 0.05) is 36.8 Å². The molecule has 0 aromatic heterocycles. The molecule has 2 N–H and O–H groups in total. The van der Waals surface area contributed by atoms with E-state index in [0.717, 1.165) is 25.0 Å². The molecule has 32 heavy (non-hydrogen) atoms. The second-order valence-electron chi connectivity index (χ2n) is 8.21. The lowest BCUT2D eigenvalue weighted by Gasteiger charge is -2.18. The first-order chi connectivity index (χ1) is 15.2. The average Bonchev–Trinajstić information content (AvgIpc) is 3.52. The van der Waals surface area contributed by atoms with Crippen LogP contribution in [0.4, 0.5) is 24.5 Å². The van der Waals surface area contributed by atoms with Crippen LogP contribution in [-0.2, 0) is 27.1 Å². The molecule has 2 fully saturated rings. The SMILES string of the molecule is O=C(Nc1cccc(NC(=O)C2CC(=O)N(Cc3cccc(C(F)(F)F)c3)C2)c1)C1CC1. The highest BCUT2D eigenvalue weighted by Crippen LogP contribution is 2.31. The predicted octanol–water partition coefficient (Wildman–Crippen LogP) is 4.04. The quantitative estimate of drug-likeness (QED) is 0.705. The Morgan fingerprint density at radius 1 is 0.938 bits per heavy atom. The maximum absolute atomic E-state index is 12.9. The number of hydrogen-bond acceptors (Lipinski definition) is 3. The van der Waals surface area contributed by atoms with E-state index in [0.29, 0.717) is 16.9 Å². The normalized spacial score (nSPS) is 18.5. The number of hydrogen-bond donors (Lipinski definition) is 2. The molecule has 1 saturated heterocycles. The number of alkyl halides is 3. The first-order valence-corrected chi connectivity index (χ1v) is 10.3. The van der Waals surface area contributed by atoms with Crippen LogP contribution >= 0.6 is 0 Å². The molecule has 2 aromatic carbocycles. The lowest BCUT2D eigenvalue weighted by molar-refractivity contribution is -0.137. The van der Waals surface area contributed by atoms with Crippen LogP contribution in [0.25, 0.3) is 0 Å². The minimum absolute atomic E-state index is 0.00914. The summed E-state index contributed by atoms with van der Waals surface area (Å²) >= 11 is 0. The predicted molar refractivity (Wildman–Crippen MR) is 111 cm³/mol. The molecule has 2 aliphatic rings. The summed E-state index contributed by atoms with van der Waals surface area (Å²) < 4.78 is 38.8. The van der Waals surface area contributed by atoms with Crippen molar-refractivity contribution < 1.29 is 27.6 Å². The fourth-order valence-corrected chi connectivity index (χ4v) is 3.68. The van der Waals surface area contributed by atoms with Gasteiger partial charge in [-0.1, -0.05) is 18.2 Å². The average molecular weight is 445 g/mol. The Balaban J connectivity index is 1.36. The molecule has 0 spiro atoms. The van der Waals surface area contributed by atoms with E-state index >= 15 is 0 Å². The van der Waals surface area contributed by atoms with Crippen molar-refractivity contribution in [2.24, 2.45) is 11.8 Å². The van der Waals surface area contributed by atoms with Crippen molar-refractivity contribution >= 4 is 29.1 Å². The van der Waals surface area contributed by atoms with E-state index in [9.17, 15) is 27.6 Å². The lowest BCUT2D eigenvalue weighted by Crippen LogP contribution is -2.28. The van der Waals surface area contributed by atoms with Crippen LogP contribution in [0.5, 0.6) is 0 Å². The van der Waals surface area contributed by atoms with E-state index in [-0.39, 0.29) is 43.1 Å². The number of nitrogens with one attached hydrogen (secondary N) is 2. The number of rotatable bonds is 6. The first kappa shape index (κ1) is 21.9. The summed E-state index contributed by atoms with van der Waals surface area (Å²) in [6.45, 7) is 0.133. The highest BCUT2D eigenvalue weighted by molar-refractivity contribution is 5.98. The molecule has 4 rings (SSSR count). The molecule has 6 nitrogen and oxygen atoms in total. The zero-order chi connectivity index (χ0) is 22.9. The Kier molecular flexibility index (Phi) is 5.90. The van der Waals surface area contributed by atoms with Crippen molar-refractivity contribution in [1.82, 2.24) is 4.90 Å². The summed E-state index contributed by atoms with van der Waals surface area (Å²) in [4.78, 5) is 38.3. The van der Waals surface area contributed by atoms with Gasteiger partial charge in [-0.05, 0) is 48.7 Å². The highest BCUT2D eigenvalue weighted by Gasteiger charge is 2.35. The maximum atomic E-state index is 12.9. The Labute approximate surface area is 182 Å². The summed E-state index contributed by atoms with van der Waals surface area (Å²) in [5.74, 6) is -1.23. The molecule has 168 valence electrons. The highest BCUT2D eigenvalue weighted by atomic mass is 19.4. The van der Waals surface area contributed by atoms with Crippen LogP contribution in [0.1, 0.15) is 30.4 Å². The third-order valence-corrected chi connectivity index (χ3v) is 5.56. The number of nitrogens with zero attached hydrogens (tertiary/aromatic N) is 1. The number of carbonyl (C=O) groups is 3. The minimum Gasteiger partial charge on any atom is -0.338 e. The standard InChI is InChI=1S/C23H22F3N3O3/c24-23(25,26)17-4-1-3-14(9-17)12-29-13-16(10-20(29)30)22(32)28-19-6-2-5-18(11-19)27-21(31)15-7-8-15/h1-6,9,11,15-16H,7-8,10,12-13H2,(H,27,31)(H,28,32). The molecule has 1 heterocycles. The van der Waals surface area contributed by atoms with E-state index in [1.54, 1.807) is 24.3 Å². The second kappa shape index (κ2) is 8.64. The molecule has 1 aliphatic carbocycles. The van der Waals surface area contributed by atoms with Gasteiger partial charge in [-0.3, -0.25) is 14.4 Å². The number of likely N-dealkylation sites (tertiary alicyclic amines) is 1. The monoisotopic (exact) mass is 445 g/mol. The van der Waals surface area contributed by atoms with Crippen LogP contribution in [0.2, 0.25) is 0 Å². The van der Waals surface area contributed by atoms with Crippen LogP contribution in [0.15, 0.2) is 48.5 Å². The third-order valence-electron chi connectivity index (χ3n) is 5.56. The molecule has 1 saturated carbocycles. The van der Waals surface area contributed by atoms with Crippen molar-refractivity contribution in [2.45, 2.75) is 32.0 Å². The van der Waals surface area contributed by atoms with Crippen molar-refractivity contribution in [3.05, 3.63) is 59.7 Å². The van der Waals surface area contributed by atoms with Gasteiger partial charge in [0.25, 0.3) is 0 Å². The van der Waals surface area contributed by atoms with E-state index in [2.05, 4.69) is 10.6 Å². The van der Waals surface area contributed by atoms with Gasteiger partial charge in [-0.15, -0.1) is 0 Å². The number of amides is 3. The molecule has 0 bridgehead atoms. The Hall–Kier alpha value is -3.36. The zero-order valence-corrected chi connectivity index (χ0v) is 17.1. The summed E-state index contributed by atoms with van der Waals surface area (Å²) in [7, 11) is 0. The van der Waals surface area contributed by atoms with Gasteiger partial charge in [0.2, 0.25) is 17.7 Å². The van der Waals surface area contributed by atoms with E-state index in [1.807, 2.05) is 0 Å². The van der Waals surface area contributed by atoms with Crippen molar-refractivity contribution in [1.29, 1.82) is 0 Å². The van der Waals surface area contributed by atoms with Gasteiger partial charge in [-0.2, -0.15) is 13.2 Å². The zero-order valence-electron chi connectivity index (χ0n) is 17.1. The fraction of sp³-hybridized carbons (Fsp3) is 0.348. The number of halogens is 3. The summed E-state index contributed by atoms with van der Waals surface area (Å²) in [5.41, 5.74) is 0.652. The minimum atomic E-state index is -4.46. The molecule has 9 heteroatoms. The van der Waals surface area contributed by atoms with Crippen molar-refractivity contribution in [2.75, 3.05) is 17.2 Å².